The Morgan fingerprint density at radius 1 is 1.14 bits per heavy atom. The molecule has 1 aliphatic heterocycles. The Balaban J connectivity index is 1.89. The van der Waals surface area contributed by atoms with Crippen molar-refractivity contribution in [3.63, 3.8) is 0 Å². The van der Waals surface area contributed by atoms with Gasteiger partial charge in [0.2, 0.25) is 0 Å². The van der Waals surface area contributed by atoms with Crippen LogP contribution < -0.4 is 10.6 Å². The van der Waals surface area contributed by atoms with E-state index in [1.807, 2.05) is 0 Å². The largest absolute Gasteiger partial charge is 0.382 e. The molecule has 2 aromatic carbocycles. The molecule has 2 nitrogen and oxygen atoms in total. The van der Waals surface area contributed by atoms with Crippen molar-refractivity contribution in [1.82, 2.24) is 5.32 Å². The van der Waals surface area contributed by atoms with Crippen molar-refractivity contribution in [2.45, 2.75) is 45.1 Å². The highest BCUT2D eigenvalue weighted by Gasteiger charge is 2.14. The molecule has 0 amide bonds. The maximum absolute atomic E-state index is 3.80. The third-order valence-corrected chi connectivity index (χ3v) is 4.44. The van der Waals surface area contributed by atoms with Crippen molar-refractivity contribution in [1.29, 1.82) is 0 Å². The van der Waals surface area contributed by atoms with Gasteiger partial charge in [-0.1, -0.05) is 43.7 Å². The molecule has 2 N–H and O–H groups in total. The molecule has 0 saturated carbocycles. The molecule has 0 spiro atoms. The molecule has 1 fully saturated rings. The van der Waals surface area contributed by atoms with Crippen molar-refractivity contribution >= 4 is 16.5 Å². The lowest BCUT2D eigenvalue weighted by atomic mass is 9.99. The van der Waals surface area contributed by atoms with Gasteiger partial charge in [0.05, 0.1) is 0 Å². The number of hydrogen-bond acceptors (Lipinski definition) is 2. The molecule has 3 rings (SSSR count). The smallest absolute Gasteiger partial charge is 0.0424 e. The molecule has 0 aliphatic carbocycles. The number of piperidine rings is 1. The van der Waals surface area contributed by atoms with E-state index >= 15 is 0 Å². The summed E-state index contributed by atoms with van der Waals surface area (Å²) in [6.07, 6.45) is 6.14. The topological polar surface area (TPSA) is 24.1 Å². The van der Waals surface area contributed by atoms with Gasteiger partial charge in [0.1, 0.15) is 0 Å². The molecule has 0 unspecified atom stereocenters. The molecule has 0 aromatic heterocycles. The lowest BCUT2D eigenvalue weighted by Gasteiger charge is -2.25. The Labute approximate surface area is 127 Å². The number of anilines is 1. The van der Waals surface area contributed by atoms with Gasteiger partial charge in [-0.25, -0.2) is 0 Å². The van der Waals surface area contributed by atoms with Crippen LogP contribution in [0.3, 0.4) is 0 Å². The number of rotatable bonds is 5. The highest BCUT2D eigenvalue weighted by atomic mass is 15.0. The maximum atomic E-state index is 3.80. The zero-order valence-electron chi connectivity index (χ0n) is 13.0. The Hall–Kier alpha value is -1.54. The minimum atomic E-state index is 0.607. The van der Waals surface area contributed by atoms with Crippen LogP contribution in [-0.4, -0.2) is 19.1 Å². The summed E-state index contributed by atoms with van der Waals surface area (Å²) in [6.45, 7) is 4.52. The summed E-state index contributed by atoms with van der Waals surface area (Å²) >= 11 is 0. The van der Waals surface area contributed by atoms with Crippen LogP contribution in [0, 0.1) is 0 Å². The Bertz CT molecular complexity index is 585. The summed E-state index contributed by atoms with van der Waals surface area (Å²) in [5.41, 5.74) is 2.79. The first-order valence-corrected chi connectivity index (χ1v) is 8.35. The minimum absolute atomic E-state index is 0.607. The first kappa shape index (κ1) is 14.4. The van der Waals surface area contributed by atoms with E-state index in [0.29, 0.717) is 6.04 Å². The summed E-state index contributed by atoms with van der Waals surface area (Å²) in [6, 6.07) is 14.1. The fourth-order valence-corrected chi connectivity index (χ4v) is 3.20. The van der Waals surface area contributed by atoms with Gasteiger partial charge in [0, 0.05) is 17.1 Å². The van der Waals surface area contributed by atoms with E-state index < -0.39 is 0 Å². The molecule has 2 heteroatoms. The second-order valence-corrected chi connectivity index (χ2v) is 6.14. The van der Waals surface area contributed by atoms with Crippen molar-refractivity contribution in [2.75, 3.05) is 18.4 Å². The normalized spacial score (nSPS) is 16.2. The third kappa shape index (κ3) is 3.56. The number of unbranched alkanes of at least 4 members (excludes halogenated alkanes) is 1. The van der Waals surface area contributed by atoms with Crippen LogP contribution in [0.5, 0.6) is 0 Å². The van der Waals surface area contributed by atoms with Crippen LogP contribution in [0.2, 0.25) is 0 Å². The lowest BCUT2D eigenvalue weighted by molar-refractivity contribution is 0.479. The fraction of sp³-hybridized carbons (Fsp3) is 0.474. The van der Waals surface area contributed by atoms with E-state index in [-0.39, 0.29) is 0 Å². The van der Waals surface area contributed by atoms with Crippen molar-refractivity contribution < 1.29 is 0 Å². The quantitative estimate of drug-likeness (QED) is 0.852. The van der Waals surface area contributed by atoms with Crippen molar-refractivity contribution in [2.24, 2.45) is 0 Å². The molecule has 0 radical (unpaired) electrons. The summed E-state index contributed by atoms with van der Waals surface area (Å²) in [7, 11) is 0. The van der Waals surface area contributed by atoms with Gasteiger partial charge < -0.3 is 10.6 Å². The van der Waals surface area contributed by atoms with E-state index in [4.69, 9.17) is 0 Å². The summed E-state index contributed by atoms with van der Waals surface area (Å²) in [5.74, 6) is 0. The first-order chi connectivity index (χ1) is 10.4. The van der Waals surface area contributed by atoms with Crippen molar-refractivity contribution in [3.8, 4) is 0 Å². The van der Waals surface area contributed by atoms with Crippen molar-refractivity contribution in [3.05, 3.63) is 42.0 Å². The van der Waals surface area contributed by atoms with E-state index in [1.165, 1.54) is 54.1 Å². The lowest BCUT2D eigenvalue weighted by Crippen LogP contribution is -2.35. The van der Waals surface area contributed by atoms with Crippen LogP contribution >= 0.6 is 0 Å². The Morgan fingerprint density at radius 2 is 1.95 bits per heavy atom. The molecule has 112 valence electrons. The van der Waals surface area contributed by atoms with Gasteiger partial charge in [0.25, 0.3) is 0 Å². The predicted molar refractivity (Wildman–Crippen MR) is 92.1 cm³/mol. The zero-order chi connectivity index (χ0) is 14.5. The first-order valence-electron chi connectivity index (χ1n) is 8.35. The molecule has 1 saturated heterocycles. The molecule has 2 aromatic rings. The highest BCUT2D eigenvalue weighted by Crippen LogP contribution is 2.28. The number of nitrogens with one attached hydrogen (secondary N) is 2. The molecule has 0 bridgehead atoms. The average Bonchev–Trinajstić information content (AvgIpc) is 2.54. The number of hydrogen-bond donors (Lipinski definition) is 2. The van der Waals surface area contributed by atoms with E-state index in [2.05, 4.69) is 54.0 Å². The Kier molecular flexibility index (Phi) is 4.76. The summed E-state index contributed by atoms with van der Waals surface area (Å²) in [4.78, 5) is 0. The monoisotopic (exact) mass is 282 g/mol. The zero-order valence-corrected chi connectivity index (χ0v) is 13.0. The van der Waals surface area contributed by atoms with Gasteiger partial charge >= 0.3 is 0 Å². The van der Waals surface area contributed by atoms with Gasteiger partial charge in [-0.3, -0.25) is 0 Å². The summed E-state index contributed by atoms with van der Waals surface area (Å²) < 4.78 is 0. The molecular weight excluding hydrogens is 256 g/mol. The van der Waals surface area contributed by atoms with Gasteiger partial charge in [0.15, 0.2) is 0 Å². The molecular formula is C19H26N2. The standard InChI is InChI=1S/C19H26N2/c1-2-3-6-15-13-16-7-4-5-8-18(16)19(14-15)21-17-9-11-20-12-10-17/h4-5,7-8,13-14,17,20-21H,2-3,6,9-12H2,1H3. The molecule has 1 aliphatic rings. The SMILES string of the molecule is CCCCc1cc(NC2CCNCC2)c2ccccc2c1. The van der Waals surface area contributed by atoms with Crippen LogP contribution in [-0.2, 0) is 6.42 Å². The maximum Gasteiger partial charge on any atom is 0.0424 e. The van der Waals surface area contributed by atoms with Gasteiger partial charge in [-0.15, -0.1) is 0 Å². The number of aryl methyl sites for hydroxylation is 1. The average molecular weight is 282 g/mol. The fourth-order valence-electron chi connectivity index (χ4n) is 3.20. The minimum Gasteiger partial charge on any atom is -0.382 e. The third-order valence-electron chi connectivity index (χ3n) is 4.44. The van der Waals surface area contributed by atoms with Gasteiger partial charge in [-0.05, 0) is 55.8 Å². The predicted octanol–water partition coefficient (Wildman–Crippen LogP) is 4.35. The number of fused-ring (bicyclic) bond motifs is 1. The van der Waals surface area contributed by atoms with E-state index in [9.17, 15) is 0 Å². The Morgan fingerprint density at radius 3 is 2.76 bits per heavy atom. The molecule has 0 atom stereocenters. The van der Waals surface area contributed by atoms with Crippen LogP contribution in [0.15, 0.2) is 36.4 Å². The van der Waals surface area contributed by atoms with Crippen LogP contribution in [0.4, 0.5) is 5.69 Å². The van der Waals surface area contributed by atoms with Crippen LogP contribution in [0.1, 0.15) is 38.2 Å². The van der Waals surface area contributed by atoms with Gasteiger partial charge in [-0.2, -0.15) is 0 Å². The number of benzene rings is 2. The molecule has 21 heavy (non-hydrogen) atoms. The van der Waals surface area contributed by atoms with E-state index in [1.54, 1.807) is 0 Å². The second kappa shape index (κ2) is 6.95. The van der Waals surface area contributed by atoms with Crippen LogP contribution in [0.25, 0.3) is 10.8 Å². The second-order valence-electron chi connectivity index (χ2n) is 6.14. The molecule has 1 heterocycles. The van der Waals surface area contributed by atoms with E-state index in [0.717, 1.165) is 13.1 Å². The summed E-state index contributed by atoms with van der Waals surface area (Å²) in [5, 5.41) is 9.96. The highest BCUT2D eigenvalue weighted by molar-refractivity contribution is 5.94.